The van der Waals surface area contributed by atoms with Gasteiger partial charge in [0.05, 0.1) is 5.69 Å². The number of carbonyl (C=O) groups is 2. The molecule has 1 N–H and O–H groups in total. The predicted molar refractivity (Wildman–Crippen MR) is 126 cm³/mol. The summed E-state index contributed by atoms with van der Waals surface area (Å²) in [7, 11) is -1.50. The topological polar surface area (TPSA) is 90.0 Å². The summed E-state index contributed by atoms with van der Waals surface area (Å²) in [5.74, 6) is -2.03. The Labute approximate surface area is 199 Å². The molecule has 2 rings (SSSR count). The molecule has 0 heterocycles. The van der Waals surface area contributed by atoms with E-state index in [1.165, 1.54) is 55.4 Å². The van der Waals surface area contributed by atoms with Crippen LogP contribution in [-0.2, 0) is 26.3 Å². The Morgan fingerprint density at radius 2 is 1.47 bits per heavy atom. The Bertz CT molecular complexity index is 1080. The van der Waals surface area contributed by atoms with Gasteiger partial charge in [-0.25, -0.2) is 13.1 Å². The van der Waals surface area contributed by atoms with E-state index in [1.807, 2.05) is 0 Å². The van der Waals surface area contributed by atoms with E-state index in [0.29, 0.717) is 12.1 Å². The van der Waals surface area contributed by atoms with E-state index in [0.717, 1.165) is 20.7 Å². The van der Waals surface area contributed by atoms with Crippen molar-refractivity contribution in [1.82, 2.24) is 14.5 Å². The third-order valence-corrected chi connectivity index (χ3v) is 6.96. The first kappa shape index (κ1) is 27.2. The minimum atomic E-state index is -4.13. The van der Waals surface area contributed by atoms with Crippen LogP contribution in [0.15, 0.2) is 48.5 Å². The summed E-state index contributed by atoms with van der Waals surface area (Å²) >= 11 is 0. The minimum Gasteiger partial charge on any atom is -0.355 e. The van der Waals surface area contributed by atoms with Crippen LogP contribution in [0.5, 0.6) is 0 Å². The van der Waals surface area contributed by atoms with Gasteiger partial charge in [0.15, 0.2) is 0 Å². The van der Waals surface area contributed by atoms with E-state index in [1.54, 1.807) is 13.8 Å². The Morgan fingerprint density at radius 1 is 0.941 bits per heavy atom. The highest BCUT2D eigenvalue weighted by atomic mass is 32.2. The van der Waals surface area contributed by atoms with E-state index in [-0.39, 0.29) is 24.6 Å². The molecule has 0 unspecified atom stereocenters. The second-order valence-electron chi connectivity index (χ2n) is 7.74. The number of carbonyl (C=O) groups excluding carboxylic acids is 2. The highest BCUT2D eigenvalue weighted by Crippen LogP contribution is 2.22. The molecule has 0 fully saturated rings. The van der Waals surface area contributed by atoms with Gasteiger partial charge in [-0.3, -0.25) is 9.59 Å². The first-order valence-electron chi connectivity index (χ1n) is 10.8. The van der Waals surface area contributed by atoms with Gasteiger partial charge in [-0.2, -0.15) is 12.7 Å². The van der Waals surface area contributed by atoms with Crippen LogP contribution >= 0.6 is 0 Å². The largest absolute Gasteiger partial charge is 0.355 e. The summed E-state index contributed by atoms with van der Waals surface area (Å²) in [6, 6.07) is 9.30. The van der Waals surface area contributed by atoms with Crippen LogP contribution in [0.4, 0.5) is 14.5 Å². The van der Waals surface area contributed by atoms with Crippen LogP contribution in [0.2, 0.25) is 0 Å². The van der Waals surface area contributed by atoms with Crippen molar-refractivity contribution >= 4 is 27.7 Å². The van der Waals surface area contributed by atoms with Crippen LogP contribution < -0.4 is 9.62 Å². The Hall–Kier alpha value is -3.05. The van der Waals surface area contributed by atoms with Crippen molar-refractivity contribution in [2.45, 2.75) is 32.9 Å². The molecule has 2 aromatic rings. The maximum Gasteiger partial charge on any atom is 0.304 e. The van der Waals surface area contributed by atoms with Crippen molar-refractivity contribution in [3.63, 3.8) is 0 Å². The number of hydrogen-bond donors (Lipinski definition) is 1. The number of anilines is 1. The molecule has 2 amide bonds. The molecule has 186 valence electrons. The van der Waals surface area contributed by atoms with Gasteiger partial charge in [0, 0.05) is 27.2 Å². The lowest BCUT2D eigenvalue weighted by atomic mass is 10.1. The van der Waals surface area contributed by atoms with Crippen molar-refractivity contribution in [2.24, 2.45) is 0 Å². The second kappa shape index (κ2) is 11.9. The number of nitrogens with one attached hydrogen (secondary N) is 1. The van der Waals surface area contributed by atoms with E-state index in [2.05, 4.69) is 5.32 Å². The third kappa shape index (κ3) is 6.73. The van der Waals surface area contributed by atoms with Gasteiger partial charge in [-0.05, 0) is 55.3 Å². The first-order chi connectivity index (χ1) is 16.0. The molecule has 0 radical (unpaired) electrons. The van der Waals surface area contributed by atoms with Crippen LogP contribution in [-0.4, -0.2) is 62.7 Å². The number of nitrogens with zero attached hydrogens (tertiary/aromatic N) is 3. The number of likely N-dealkylation sites (N-methyl/N-ethyl adjacent to an activating group) is 1. The van der Waals surface area contributed by atoms with Gasteiger partial charge in [0.1, 0.15) is 24.2 Å². The summed E-state index contributed by atoms with van der Waals surface area (Å²) in [6.07, 6.45) is 0.274. The Morgan fingerprint density at radius 3 is 1.94 bits per heavy atom. The molecule has 0 aliphatic carbocycles. The summed E-state index contributed by atoms with van der Waals surface area (Å²) in [5, 5.41) is 2.69. The molecule has 34 heavy (non-hydrogen) atoms. The standard InChI is InChI=1S/C23H30F2N4O4S/c1-5-21(23(31)26-6-2)28(15-17-7-9-18(24)10-8-17)22(30)16-29(34(32,33)27(3)4)20-13-11-19(25)12-14-20/h7-14,21H,5-6,15-16H2,1-4H3,(H,26,31)/t21-/m1/s1. The van der Waals surface area contributed by atoms with Crippen LogP contribution in [0.1, 0.15) is 25.8 Å². The van der Waals surface area contributed by atoms with Crippen molar-refractivity contribution in [3.05, 3.63) is 65.7 Å². The SMILES string of the molecule is CCNC(=O)[C@@H](CC)N(Cc1ccc(F)cc1)C(=O)CN(c1ccc(F)cc1)S(=O)(=O)N(C)C. The van der Waals surface area contributed by atoms with Crippen LogP contribution in [0.3, 0.4) is 0 Å². The summed E-state index contributed by atoms with van der Waals surface area (Å²) in [6.45, 7) is 3.18. The number of rotatable bonds is 11. The molecule has 1 atom stereocenters. The fourth-order valence-corrected chi connectivity index (χ4v) is 4.38. The molecule has 0 aromatic heterocycles. The zero-order valence-electron chi connectivity index (χ0n) is 19.7. The maximum absolute atomic E-state index is 13.5. The molecule has 0 bridgehead atoms. The molecular weight excluding hydrogens is 466 g/mol. The fraction of sp³-hybridized carbons (Fsp3) is 0.391. The molecule has 2 aromatic carbocycles. The van der Waals surface area contributed by atoms with Gasteiger partial charge in [-0.15, -0.1) is 0 Å². The summed E-state index contributed by atoms with van der Waals surface area (Å²) < 4.78 is 54.7. The lowest BCUT2D eigenvalue weighted by Gasteiger charge is -2.33. The van der Waals surface area contributed by atoms with Gasteiger partial charge in [0.2, 0.25) is 11.8 Å². The maximum atomic E-state index is 13.5. The molecule has 0 saturated heterocycles. The average molecular weight is 497 g/mol. The van der Waals surface area contributed by atoms with Crippen molar-refractivity contribution < 1.29 is 26.8 Å². The van der Waals surface area contributed by atoms with Gasteiger partial charge in [-0.1, -0.05) is 19.1 Å². The molecule has 8 nitrogen and oxygen atoms in total. The Balaban J connectivity index is 2.47. The zero-order valence-corrected chi connectivity index (χ0v) is 20.5. The number of halogens is 2. The third-order valence-electron chi connectivity index (χ3n) is 5.14. The molecule has 11 heteroatoms. The number of amides is 2. The zero-order chi connectivity index (χ0) is 25.5. The van der Waals surface area contributed by atoms with Gasteiger partial charge < -0.3 is 10.2 Å². The quantitative estimate of drug-likeness (QED) is 0.518. The normalized spacial score (nSPS) is 12.3. The first-order valence-corrected chi connectivity index (χ1v) is 12.2. The molecule has 0 spiro atoms. The van der Waals surface area contributed by atoms with Crippen molar-refractivity contribution in [2.75, 3.05) is 31.5 Å². The number of hydrogen-bond acceptors (Lipinski definition) is 4. The van der Waals surface area contributed by atoms with Crippen LogP contribution in [0, 0.1) is 11.6 Å². The van der Waals surface area contributed by atoms with E-state index in [4.69, 9.17) is 0 Å². The van der Waals surface area contributed by atoms with Crippen LogP contribution in [0.25, 0.3) is 0 Å². The van der Waals surface area contributed by atoms with E-state index < -0.39 is 40.3 Å². The molecule has 0 aliphatic heterocycles. The minimum absolute atomic E-state index is 0.0337. The molecule has 0 aliphatic rings. The summed E-state index contributed by atoms with van der Waals surface area (Å²) in [5.41, 5.74) is 0.664. The predicted octanol–water partition coefficient (Wildman–Crippen LogP) is 2.52. The van der Waals surface area contributed by atoms with E-state index in [9.17, 15) is 26.8 Å². The lowest BCUT2D eigenvalue weighted by Crippen LogP contribution is -2.53. The highest BCUT2D eigenvalue weighted by molar-refractivity contribution is 7.90. The van der Waals surface area contributed by atoms with Gasteiger partial charge in [0.25, 0.3) is 0 Å². The molecular formula is C23H30F2N4O4S. The summed E-state index contributed by atoms with van der Waals surface area (Å²) in [4.78, 5) is 27.5. The second-order valence-corrected chi connectivity index (χ2v) is 9.81. The van der Waals surface area contributed by atoms with E-state index >= 15 is 0 Å². The molecule has 0 saturated carbocycles. The monoisotopic (exact) mass is 496 g/mol. The fourth-order valence-electron chi connectivity index (χ4n) is 3.32. The average Bonchev–Trinajstić information content (AvgIpc) is 2.79. The number of benzene rings is 2. The lowest BCUT2D eigenvalue weighted by molar-refractivity contribution is -0.140. The Kier molecular flexibility index (Phi) is 9.51. The smallest absolute Gasteiger partial charge is 0.304 e. The highest BCUT2D eigenvalue weighted by Gasteiger charge is 2.33. The van der Waals surface area contributed by atoms with Crippen molar-refractivity contribution in [3.8, 4) is 0 Å². The van der Waals surface area contributed by atoms with Crippen molar-refractivity contribution in [1.29, 1.82) is 0 Å². The van der Waals surface area contributed by atoms with Gasteiger partial charge >= 0.3 is 10.2 Å².